The van der Waals surface area contributed by atoms with Crippen LogP contribution in [-0.2, 0) is 18.3 Å². The van der Waals surface area contributed by atoms with E-state index < -0.39 is 0 Å². The minimum Gasteiger partial charge on any atom is -0.457 e. The number of aromatic nitrogens is 4. The van der Waals surface area contributed by atoms with Crippen molar-refractivity contribution in [3.8, 4) is 23.0 Å². The van der Waals surface area contributed by atoms with Crippen molar-refractivity contribution in [2.75, 3.05) is 0 Å². The number of fused-ring (bicyclic) bond motifs is 3. The summed E-state index contributed by atoms with van der Waals surface area (Å²) in [6, 6.07) is 48.0. The monoisotopic (exact) mass is 760 g/mol. The molecule has 290 valence electrons. The first kappa shape index (κ1) is 37.4. The predicted molar refractivity (Wildman–Crippen MR) is 240 cm³/mol. The molecule has 0 saturated heterocycles. The molecular formula is C53H52N4O. The lowest BCUT2D eigenvalue weighted by Gasteiger charge is -2.34. The van der Waals surface area contributed by atoms with E-state index in [0.29, 0.717) is 5.92 Å². The molecule has 58 heavy (non-hydrogen) atoms. The van der Waals surface area contributed by atoms with Gasteiger partial charge in [0.1, 0.15) is 17.3 Å². The van der Waals surface area contributed by atoms with E-state index in [9.17, 15) is 0 Å². The van der Waals surface area contributed by atoms with Gasteiger partial charge < -0.3 is 4.74 Å². The van der Waals surface area contributed by atoms with E-state index in [1.165, 1.54) is 44.3 Å². The fraction of sp³-hybridized carbons (Fsp3) is 0.245. The van der Waals surface area contributed by atoms with E-state index >= 15 is 0 Å². The summed E-state index contributed by atoms with van der Waals surface area (Å²) in [4.78, 5) is 4.88. The second-order valence-corrected chi connectivity index (χ2v) is 16.8. The zero-order chi connectivity index (χ0) is 40.0. The van der Waals surface area contributed by atoms with E-state index in [1.807, 2.05) is 6.20 Å². The number of hydrogen-bond donors (Lipinski definition) is 0. The lowest BCUT2D eigenvalue weighted by molar-refractivity contribution is 0.482. The Hall–Kier alpha value is -6.20. The maximum atomic E-state index is 6.81. The molecule has 1 aliphatic carbocycles. The molecule has 1 aliphatic rings. The molecule has 5 heteroatoms. The zero-order valence-corrected chi connectivity index (χ0v) is 34.5. The number of rotatable bonds is 9. The van der Waals surface area contributed by atoms with Crippen molar-refractivity contribution >= 4 is 27.4 Å². The first-order valence-electron chi connectivity index (χ1n) is 20.9. The van der Waals surface area contributed by atoms with Crippen LogP contribution in [-0.4, -0.2) is 19.3 Å². The highest BCUT2D eigenvalue weighted by Crippen LogP contribution is 2.51. The molecular weight excluding hydrogens is 709 g/mol. The lowest BCUT2D eigenvalue weighted by atomic mass is 9.69. The molecule has 0 fully saturated rings. The molecule has 2 atom stereocenters. The SMILES string of the molecule is CCc1nn(-c2cc(C)cc(Oc3ccc4c5ccccc5n(-c5cc(C(C)(C)C)ccn5)c4c3)c2)c(CC)c1[C@@H]1C(c2ccccc2)=CCC[C@@H]1c1ccccc1. The zero-order valence-electron chi connectivity index (χ0n) is 34.5. The third-order valence-electron chi connectivity index (χ3n) is 12.0. The van der Waals surface area contributed by atoms with Crippen LogP contribution in [0.25, 0.3) is 38.9 Å². The van der Waals surface area contributed by atoms with Crippen molar-refractivity contribution < 1.29 is 4.74 Å². The first-order valence-corrected chi connectivity index (χ1v) is 20.9. The molecule has 3 heterocycles. The minimum atomic E-state index is -0.000633. The van der Waals surface area contributed by atoms with Crippen LogP contribution >= 0.6 is 0 Å². The van der Waals surface area contributed by atoms with Crippen molar-refractivity contribution in [2.24, 2.45) is 0 Å². The lowest BCUT2D eigenvalue weighted by Crippen LogP contribution is -2.19. The maximum Gasteiger partial charge on any atom is 0.137 e. The smallest absolute Gasteiger partial charge is 0.137 e. The van der Waals surface area contributed by atoms with Crippen molar-refractivity contribution in [1.82, 2.24) is 19.3 Å². The van der Waals surface area contributed by atoms with Crippen LogP contribution in [0.15, 0.2) is 146 Å². The molecule has 5 aromatic carbocycles. The topological polar surface area (TPSA) is 44.9 Å². The van der Waals surface area contributed by atoms with Gasteiger partial charge in [0.15, 0.2) is 0 Å². The number of aryl methyl sites for hydroxylation is 2. The van der Waals surface area contributed by atoms with E-state index in [0.717, 1.165) is 71.0 Å². The van der Waals surface area contributed by atoms with Gasteiger partial charge in [-0.3, -0.25) is 4.57 Å². The van der Waals surface area contributed by atoms with Gasteiger partial charge in [-0.1, -0.05) is 120 Å². The molecule has 0 saturated carbocycles. The summed E-state index contributed by atoms with van der Waals surface area (Å²) in [6.45, 7) is 13.4. The predicted octanol–water partition coefficient (Wildman–Crippen LogP) is 13.6. The number of para-hydroxylation sites is 1. The summed E-state index contributed by atoms with van der Waals surface area (Å²) < 4.78 is 11.3. The Labute approximate surface area is 342 Å². The van der Waals surface area contributed by atoms with Crippen LogP contribution in [0.4, 0.5) is 0 Å². The highest BCUT2D eigenvalue weighted by molar-refractivity contribution is 6.09. The summed E-state index contributed by atoms with van der Waals surface area (Å²) in [5.41, 5.74) is 13.5. The molecule has 0 radical (unpaired) electrons. The largest absolute Gasteiger partial charge is 0.457 e. The van der Waals surface area contributed by atoms with Crippen LogP contribution in [0.2, 0.25) is 0 Å². The second-order valence-electron chi connectivity index (χ2n) is 16.8. The van der Waals surface area contributed by atoms with Crippen molar-refractivity contribution in [3.63, 3.8) is 0 Å². The van der Waals surface area contributed by atoms with E-state index in [2.05, 4.69) is 190 Å². The van der Waals surface area contributed by atoms with E-state index in [-0.39, 0.29) is 11.3 Å². The third-order valence-corrected chi connectivity index (χ3v) is 12.0. The Morgan fingerprint density at radius 2 is 1.47 bits per heavy atom. The van der Waals surface area contributed by atoms with Crippen LogP contribution < -0.4 is 4.74 Å². The molecule has 0 spiro atoms. The van der Waals surface area contributed by atoms with Crippen LogP contribution in [0.5, 0.6) is 11.5 Å². The molecule has 0 N–H and O–H groups in total. The van der Waals surface area contributed by atoms with Crippen LogP contribution in [0.3, 0.4) is 0 Å². The van der Waals surface area contributed by atoms with Crippen molar-refractivity contribution in [2.45, 2.75) is 84.5 Å². The number of nitrogens with zero attached hydrogens (tertiary/aromatic N) is 4. The number of benzene rings is 5. The average molecular weight is 761 g/mol. The van der Waals surface area contributed by atoms with Gasteiger partial charge >= 0.3 is 0 Å². The van der Waals surface area contributed by atoms with Crippen molar-refractivity contribution in [1.29, 1.82) is 0 Å². The number of pyridine rings is 1. The minimum absolute atomic E-state index is 0.000633. The molecule has 0 unspecified atom stereocenters. The molecule has 0 bridgehead atoms. The van der Waals surface area contributed by atoms with Gasteiger partial charge in [-0.15, -0.1) is 0 Å². The Morgan fingerprint density at radius 3 is 2.22 bits per heavy atom. The highest BCUT2D eigenvalue weighted by Gasteiger charge is 2.36. The summed E-state index contributed by atoms with van der Waals surface area (Å²) in [7, 11) is 0. The van der Waals surface area contributed by atoms with E-state index in [1.54, 1.807) is 0 Å². The number of hydrogen-bond acceptors (Lipinski definition) is 3. The Kier molecular flexibility index (Phi) is 9.85. The molecule has 0 amide bonds. The first-order chi connectivity index (χ1) is 28.2. The number of ether oxygens (including phenoxy) is 1. The van der Waals surface area contributed by atoms with Gasteiger partial charge in [0.2, 0.25) is 0 Å². The fourth-order valence-corrected chi connectivity index (χ4v) is 9.28. The Bertz CT molecular complexity index is 2780. The molecule has 9 rings (SSSR count). The van der Waals surface area contributed by atoms with Gasteiger partial charge in [0.25, 0.3) is 0 Å². The molecule has 3 aromatic heterocycles. The summed E-state index contributed by atoms with van der Waals surface area (Å²) in [5, 5.41) is 7.81. The molecule has 0 aliphatic heterocycles. The van der Waals surface area contributed by atoms with Gasteiger partial charge in [-0.05, 0) is 114 Å². The van der Waals surface area contributed by atoms with Gasteiger partial charge in [0, 0.05) is 46.3 Å². The normalized spacial score (nSPS) is 15.9. The highest BCUT2D eigenvalue weighted by atomic mass is 16.5. The molecule has 5 nitrogen and oxygen atoms in total. The fourth-order valence-electron chi connectivity index (χ4n) is 9.28. The quantitative estimate of drug-likeness (QED) is 0.147. The van der Waals surface area contributed by atoms with Gasteiger partial charge in [-0.2, -0.15) is 5.10 Å². The van der Waals surface area contributed by atoms with E-state index in [4.69, 9.17) is 14.8 Å². The maximum absolute atomic E-state index is 6.81. The second kappa shape index (κ2) is 15.3. The van der Waals surface area contributed by atoms with Gasteiger partial charge in [0.05, 0.1) is 22.4 Å². The van der Waals surface area contributed by atoms with Crippen molar-refractivity contribution in [3.05, 3.63) is 185 Å². The van der Waals surface area contributed by atoms with Gasteiger partial charge in [-0.25, -0.2) is 9.67 Å². The number of allylic oxidation sites excluding steroid dienone is 2. The standard InChI is InChI=1S/C53H52N4O/c1-7-46-52(51-42(36-18-11-9-12-19-36)23-17-24-43(51)37-20-13-10-14-21-37)47(8-2)57(55-46)39-30-35(3)31-41(33-39)58-40-26-27-45-44-22-15-16-25-48(44)56(49(45)34-40)50-32-38(28-29-54-50)53(4,5)6/h9-16,18-23,25-34,43,51H,7-8,17,24H2,1-6H3/t43-,51-/m1/s1. The Balaban J connectivity index is 1.14. The van der Waals surface area contributed by atoms with Crippen LogP contribution in [0.1, 0.15) is 98.5 Å². The third kappa shape index (κ3) is 6.83. The average Bonchev–Trinajstić information content (AvgIpc) is 3.79. The molecule has 8 aromatic rings. The Morgan fingerprint density at radius 1 is 0.724 bits per heavy atom. The summed E-state index contributed by atoms with van der Waals surface area (Å²) in [6.07, 6.45) is 8.29. The summed E-state index contributed by atoms with van der Waals surface area (Å²) in [5.74, 6) is 3.00. The summed E-state index contributed by atoms with van der Waals surface area (Å²) >= 11 is 0. The van der Waals surface area contributed by atoms with Crippen LogP contribution in [0, 0.1) is 6.92 Å².